The molecule has 0 bridgehead atoms. The van der Waals surface area contributed by atoms with Gasteiger partial charge in [0.25, 0.3) is 0 Å². The summed E-state index contributed by atoms with van der Waals surface area (Å²) in [6, 6.07) is 2.89. The summed E-state index contributed by atoms with van der Waals surface area (Å²) in [4.78, 5) is 20.4. The van der Waals surface area contributed by atoms with E-state index in [1.807, 2.05) is 0 Å². The smallest absolute Gasteiger partial charge is 0.378 e. The molecule has 0 saturated carbocycles. The highest BCUT2D eigenvalue weighted by Gasteiger charge is 2.38. The van der Waals surface area contributed by atoms with Gasteiger partial charge < -0.3 is 10.1 Å². The molecule has 1 N–H and O–H groups in total. The van der Waals surface area contributed by atoms with E-state index in [2.05, 4.69) is 15.3 Å². The number of amides is 1. The summed E-state index contributed by atoms with van der Waals surface area (Å²) in [5.41, 5.74) is -0.604. The molecule has 2 heterocycles. The Hall–Kier alpha value is -2.53. The molecule has 1 amide bonds. The van der Waals surface area contributed by atoms with Gasteiger partial charge in [-0.2, -0.15) is 13.2 Å². The number of sulfone groups is 1. The molecule has 7 nitrogen and oxygen atoms in total. The number of hydrogen-bond acceptors (Lipinski definition) is 6. The summed E-state index contributed by atoms with van der Waals surface area (Å²) in [5.74, 6) is -1.41. The summed E-state index contributed by atoms with van der Waals surface area (Å²) < 4.78 is 70.4. The van der Waals surface area contributed by atoms with Crippen molar-refractivity contribution in [1.82, 2.24) is 9.97 Å². The zero-order chi connectivity index (χ0) is 23.5. The molecule has 11 heteroatoms. The molecule has 3 rings (SSSR count). The van der Waals surface area contributed by atoms with Gasteiger partial charge >= 0.3 is 6.18 Å². The predicted octanol–water partition coefficient (Wildman–Crippen LogP) is 3.89. The van der Waals surface area contributed by atoms with Crippen LogP contribution in [0, 0.1) is 6.92 Å². The Morgan fingerprint density at radius 2 is 2.00 bits per heavy atom. The number of ether oxygens (including phenoxy) is 1. The van der Waals surface area contributed by atoms with Crippen LogP contribution in [0.1, 0.15) is 48.4 Å². The predicted molar refractivity (Wildman–Crippen MR) is 111 cm³/mol. The third kappa shape index (κ3) is 6.04. The molecule has 0 radical (unpaired) electrons. The van der Waals surface area contributed by atoms with Crippen molar-refractivity contribution in [2.75, 3.05) is 18.2 Å². The van der Waals surface area contributed by atoms with E-state index in [4.69, 9.17) is 4.74 Å². The minimum Gasteiger partial charge on any atom is -0.378 e. The van der Waals surface area contributed by atoms with E-state index in [1.54, 1.807) is 6.92 Å². The monoisotopic (exact) mass is 471 g/mol. The number of carbonyl (C=O) groups is 1. The Morgan fingerprint density at radius 1 is 1.25 bits per heavy atom. The maximum atomic E-state index is 13.7. The van der Waals surface area contributed by atoms with Gasteiger partial charge in [-0.05, 0) is 50.3 Å². The van der Waals surface area contributed by atoms with Crippen molar-refractivity contribution in [1.29, 1.82) is 0 Å². The van der Waals surface area contributed by atoms with Crippen LogP contribution in [0.15, 0.2) is 35.5 Å². The second-order valence-corrected chi connectivity index (χ2v) is 9.82. The van der Waals surface area contributed by atoms with Crippen LogP contribution < -0.4 is 5.32 Å². The normalized spacial score (nSPS) is 18.2. The van der Waals surface area contributed by atoms with Crippen LogP contribution in [0.25, 0.3) is 0 Å². The molecule has 0 spiro atoms. The maximum absolute atomic E-state index is 13.7. The highest BCUT2D eigenvalue weighted by Crippen LogP contribution is 2.37. The second kappa shape index (κ2) is 9.53. The molecular formula is C21H24F3N3O4S. The standard InChI is InChI=1S/C21H24F3N3O4S/c1-13-11-26-19(12-25-13)27-20(28)16(10-15-5-3-4-8-31-15)14-6-7-18(32(2,29)30)17(9-14)21(22,23)24/h6-7,9,11-12,15-16H,3-5,8,10H2,1-2H3,(H,26,27,28). The number of nitrogens with one attached hydrogen (secondary N) is 1. The van der Waals surface area contributed by atoms with Crippen LogP contribution in [0.5, 0.6) is 0 Å². The number of aromatic nitrogens is 2. The molecule has 2 aromatic rings. The van der Waals surface area contributed by atoms with Crippen molar-refractivity contribution in [3.63, 3.8) is 0 Å². The number of halogens is 3. The van der Waals surface area contributed by atoms with Gasteiger partial charge in [0.05, 0.1) is 40.6 Å². The number of carbonyl (C=O) groups excluding carboxylic acids is 1. The molecule has 1 aliphatic heterocycles. The van der Waals surface area contributed by atoms with Gasteiger partial charge in [0.1, 0.15) is 0 Å². The van der Waals surface area contributed by atoms with Crippen molar-refractivity contribution >= 4 is 21.6 Å². The molecular weight excluding hydrogens is 447 g/mol. The number of nitrogens with zero attached hydrogens (tertiary/aromatic N) is 2. The first-order valence-electron chi connectivity index (χ1n) is 10.1. The Balaban J connectivity index is 1.99. The SMILES string of the molecule is Cc1cnc(NC(=O)C(CC2CCCCO2)c2ccc(S(C)(=O)=O)c(C(F)(F)F)c2)cn1. The van der Waals surface area contributed by atoms with Gasteiger partial charge in [-0.1, -0.05) is 6.07 Å². The number of benzene rings is 1. The van der Waals surface area contributed by atoms with E-state index in [9.17, 15) is 26.4 Å². The highest BCUT2D eigenvalue weighted by atomic mass is 32.2. The van der Waals surface area contributed by atoms with E-state index in [-0.39, 0.29) is 23.9 Å². The van der Waals surface area contributed by atoms with Crippen LogP contribution in [0.4, 0.5) is 19.0 Å². The Bertz CT molecular complexity index is 1070. The summed E-state index contributed by atoms with van der Waals surface area (Å²) in [5, 5.41) is 2.59. The largest absolute Gasteiger partial charge is 0.417 e. The van der Waals surface area contributed by atoms with Crippen LogP contribution in [0.3, 0.4) is 0 Å². The molecule has 1 aliphatic rings. The van der Waals surface area contributed by atoms with Gasteiger partial charge in [0, 0.05) is 12.9 Å². The van der Waals surface area contributed by atoms with E-state index in [1.165, 1.54) is 18.5 Å². The minimum atomic E-state index is -4.90. The number of rotatable bonds is 6. The van der Waals surface area contributed by atoms with Gasteiger partial charge in [-0.15, -0.1) is 0 Å². The summed E-state index contributed by atoms with van der Waals surface area (Å²) in [7, 11) is -4.12. The van der Waals surface area contributed by atoms with Crippen molar-refractivity contribution in [3.8, 4) is 0 Å². The summed E-state index contributed by atoms with van der Waals surface area (Å²) in [6.45, 7) is 2.24. The third-order valence-corrected chi connectivity index (χ3v) is 6.39. The molecule has 1 fully saturated rings. The fourth-order valence-electron chi connectivity index (χ4n) is 3.63. The van der Waals surface area contributed by atoms with Gasteiger partial charge in [0.2, 0.25) is 5.91 Å². The number of anilines is 1. The fourth-order valence-corrected chi connectivity index (χ4v) is 4.52. The lowest BCUT2D eigenvalue weighted by Gasteiger charge is -2.27. The maximum Gasteiger partial charge on any atom is 0.417 e. The average Bonchev–Trinajstić information content (AvgIpc) is 2.72. The Morgan fingerprint density at radius 3 is 2.56 bits per heavy atom. The lowest BCUT2D eigenvalue weighted by Crippen LogP contribution is -2.29. The fraction of sp³-hybridized carbons (Fsp3) is 0.476. The highest BCUT2D eigenvalue weighted by molar-refractivity contribution is 7.90. The molecule has 1 aromatic heterocycles. The van der Waals surface area contributed by atoms with Crippen LogP contribution in [-0.4, -0.2) is 43.3 Å². The van der Waals surface area contributed by atoms with Gasteiger partial charge in [0.15, 0.2) is 15.7 Å². The molecule has 0 aliphatic carbocycles. The number of hydrogen-bond donors (Lipinski definition) is 1. The zero-order valence-electron chi connectivity index (χ0n) is 17.6. The lowest BCUT2D eigenvalue weighted by molar-refractivity contribution is -0.140. The van der Waals surface area contributed by atoms with Crippen LogP contribution >= 0.6 is 0 Å². The van der Waals surface area contributed by atoms with E-state index in [0.29, 0.717) is 25.0 Å². The van der Waals surface area contributed by atoms with E-state index in [0.717, 1.165) is 25.0 Å². The molecule has 32 heavy (non-hydrogen) atoms. The van der Waals surface area contributed by atoms with Crippen molar-refractivity contribution < 1.29 is 31.1 Å². The zero-order valence-corrected chi connectivity index (χ0v) is 18.5. The molecule has 2 unspecified atom stereocenters. The minimum absolute atomic E-state index is 0.0523. The van der Waals surface area contributed by atoms with Gasteiger partial charge in [-0.25, -0.2) is 13.4 Å². The van der Waals surface area contributed by atoms with Gasteiger partial charge in [-0.3, -0.25) is 9.78 Å². The van der Waals surface area contributed by atoms with Crippen molar-refractivity contribution in [3.05, 3.63) is 47.4 Å². The molecule has 1 aromatic carbocycles. The van der Waals surface area contributed by atoms with E-state index >= 15 is 0 Å². The average molecular weight is 472 g/mol. The summed E-state index contributed by atoms with van der Waals surface area (Å²) in [6.07, 6.45) is 0.936. The van der Waals surface area contributed by atoms with Crippen LogP contribution in [0.2, 0.25) is 0 Å². The first-order chi connectivity index (χ1) is 14.9. The molecule has 1 saturated heterocycles. The van der Waals surface area contributed by atoms with Crippen molar-refractivity contribution in [2.45, 2.75) is 55.7 Å². The summed E-state index contributed by atoms with van der Waals surface area (Å²) >= 11 is 0. The second-order valence-electron chi connectivity index (χ2n) is 7.83. The van der Waals surface area contributed by atoms with Crippen LogP contribution in [-0.2, 0) is 25.5 Å². The first-order valence-corrected chi connectivity index (χ1v) is 12.0. The first kappa shape index (κ1) is 24.1. The lowest BCUT2D eigenvalue weighted by atomic mass is 9.89. The third-order valence-electron chi connectivity index (χ3n) is 5.23. The number of aryl methyl sites for hydroxylation is 1. The Labute approximate surface area is 184 Å². The number of alkyl halides is 3. The quantitative estimate of drug-likeness (QED) is 0.687. The molecule has 2 atom stereocenters. The van der Waals surface area contributed by atoms with Crippen molar-refractivity contribution in [2.24, 2.45) is 0 Å². The Kier molecular flexibility index (Phi) is 7.19. The molecule has 174 valence electrons. The topological polar surface area (TPSA) is 98.2 Å². The van der Waals surface area contributed by atoms with E-state index < -0.39 is 38.3 Å².